The number of aromatic nitrogens is 2. The van der Waals surface area contributed by atoms with Crippen molar-refractivity contribution in [3.8, 4) is 0 Å². The van der Waals surface area contributed by atoms with Gasteiger partial charge in [-0.3, -0.25) is 4.79 Å². The van der Waals surface area contributed by atoms with Crippen LogP contribution in [-0.2, 0) is 4.79 Å². The van der Waals surface area contributed by atoms with Crippen LogP contribution in [0, 0.1) is 18.7 Å². The van der Waals surface area contributed by atoms with Gasteiger partial charge in [-0.2, -0.15) is 18.3 Å². The third-order valence-electron chi connectivity index (χ3n) is 6.59. The Morgan fingerprint density at radius 3 is 2.35 bits per heavy atom. The second-order valence-electron chi connectivity index (χ2n) is 8.94. The maximum Gasteiger partial charge on any atom is 0.430 e. The first-order valence-corrected chi connectivity index (χ1v) is 12.3. The minimum atomic E-state index is -4.87. The number of carbonyl (C=O) groups is 1. The molecule has 1 saturated heterocycles. The molecule has 2 atom stereocenters. The Kier molecular flexibility index (Phi) is 6.66. The Bertz CT molecular complexity index is 1360. The topological polar surface area (TPSA) is 53.7 Å². The molecule has 0 saturated carbocycles. The van der Waals surface area contributed by atoms with Crippen LogP contribution in [0.25, 0.3) is 0 Å². The van der Waals surface area contributed by atoms with Gasteiger partial charge in [-0.05, 0) is 42.8 Å². The molecule has 0 radical (unpaired) electrons. The molecule has 2 aromatic carbocycles. The van der Waals surface area contributed by atoms with Gasteiger partial charge in [0.1, 0.15) is 17.4 Å². The molecule has 0 spiro atoms. The van der Waals surface area contributed by atoms with Crippen molar-refractivity contribution in [3.05, 3.63) is 75.7 Å². The summed E-state index contributed by atoms with van der Waals surface area (Å²) in [6.07, 6.45) is -4.87. The van der Waals surface area contributed by atoms with Gasteiger partial charge < -0.3 is 9.80 Å². The number of amides is 1. The first kappa shape index (κ1) is 25.5. The van der Waals surface area contributed by atoms with Gasteiger partial charge in [-0.25, -0.2) is 14.1 Å². The predicted molar refractivity (Wildman–Crippen MR) is 133 cm³/mol. The molecular weight excluding hydrogens is 533 g/mol. The minimum absolute atomic E-state index is 0.0175. The number of carbonyl (C=O) groups excluding carboxylic acids is 1. The van der Waals surface area contributed by atoms with E-state index in [0.29, 0.717) is 18.8 Å². The zero-order chi connectivity index (χ0) is 26.5. The van der Waals surface area contributed by atoms with E-state index >= 15 is 0 Å². The molecule has 5 rings (SSSR count). The number of rotatable bonds is 3. The molecule has 3 aromatic rings. The van der Waals surface area contributed by atoms with E-state index in [1.54, 1.807) is 31.2 Å². The number of hydrogen-bond acceptors (Lipinski definition) is 4. The van der Waals surface area contributed by atoms with Gasteiger partial charge in [0, 0.05) is 37.9 Å². The van der Waals surface area contributed by atoms with Crippen LogP contribution in [0.2, 0.25) is 10.0 Å². The highest BCUT2D eigenvalue weighted by atomic mass is 35.5. The van der Waals surface area contributed by atoms with Gasteiger partial charge >= 0.3 is 6.18 Å². The maximum absolute atomic E-state index is 14.4. The summed E-state index contributed by atoms with van der Waals surface area (Å²) in [6.45, 7) is 2.74. The number of aliphatic imine (C=N–C) groups is 1. The Balaban J connectivity index is 1.52. The van der Waals surface area contributed by atoms with Gasteiger partial charge in [0.25, 0.3) is 0 Å². The first-order valence-electron chi connectivity index (χ1n) is 11.5. The van der Waals surface area contributed by atoms with Crippen molar-refractivity contribution in [1.82, 2.24) is 14.7 Å². The summed E-state index contributed by atoms with van der Waals surface area (Å²) in [7, 11) is 0. The molecule has 0 aliphatic carbocycles. The summed E-state index contributed by atoms with van der Waals surface area (Å²) in [4.78, 5) is 21.1. The van der Waals surface area contributed by atoms with Crippen LogP contribution in [0.15, 0.2) is 53.5 Å². The number of hydrogen-bond donors (Lipinski definition) is 0. The van der Waals surface area contributed by atoms with E-state index in [-0.39, 0.29) is 40.3 Å². The summed E-state index contributed by atoms with van der Waals surface area (Å²) in [5.41, 5.74) is 0.263. The second-order valence-corrected chi connectivity index (χ2v) is 9.72. The number of nitrogens with zero attached hydrogens (tertiary/aromatic N) is 5. The number of halogens is 6. The fraction of sp³-hybridized carbons (Fsp3) is 0.320. The van der Waals surface area contributed by atoms with Crippen molar-refractivity contribution in [3.63, 3.8) is 0 Å². The zero-order valence-corrected chi connectivity index (χ0v) is 21.0. The summed E-state index contributed by atoms with van der Waals surface area (Å²) >= 11 is 12.7. The summed E-state index contributed by atoms with van der Waals surface area (Å²) in [5, 5.41) is 4.57. The Hall–Kier alpha value is -3.11. The SMILES string of the molecule is Cc1cc2n(n1)C(c1cccc(Cl)c1Cl)C(C(=O)N1CCN(c3ccc(F)cc3)CC1)C(C(F)(F)F)=N2. The highest BCUT2D eigenvalue weighted by Gasteiger charge is 2.52. The molecule has 1 aromatic heterocycles. The number of alkyl halides is 3. The highest BCUT2D eigenvalue weighted by molar-refractivity contribution is 6.42. The molecule has 194 valence electrons. The molecule has 0 bridgehead atoms. The van der Waals surface area contributed by atoms with Crippen molar-refractivity contribution in [2.24, 2.45) is 10.9 Å². The monoisotopic (exact) mass is 553 g/mol. The maximum atomic E-state index is 14.4. The van der Waals surface area contributed by atoms with Crippen LogP contribution in [0.5, 0.6) is 0 Å². The molecule has 0 N–H and O–H groups in total. The predicted octanol–water partition coefficient (Wildman–Crippen LogP) is 5.84. The summed E-state index contributed by atoms with van der Waals surface area (Å²) in [6, 6.07) is 10.8. The molecule has 2 unspecified atom stereocenters. The Morgan fingerprint density at radius 1 is 1.03 bits per heavy atom. The van der Waals surface area contributed by atoms with Crippen LogP contribution in [-0.4, -0.2) is 58.7 Å². The fourth-order valence-corrected chi connectivity index (χ4v) is 5.28. The van der Waals surface area contributed by atoms with E-state index < -0.39 is 29.8 Å². The first-order chi connectivity index (χ1) is 17.5. The van der Waals surface area contributed by atoms with Crippen LogP contribution in [0.3, 0.4) is 0 Å². The van der Waals surface area contributed by atoms with Crippen LogP contribution in [0.4, 0.5) is 29.1 Å². The lowest BCUT2D eigenvalue weighted by Crippen LogP contribution is -2.54. The number of fused-ring (bicyclic) bond motifs is 1. The average Bonchev–Trinajstić information content (AvgIpc) is 3.24. The normalized spacial score (nSPS) is 20.0. The second kappa shape index (κ2) is 9.64. The molecule has 12 heteroatoms. The van der Waals surface area contributed by atoms with Crippen molar-refractivity contribution < 1.29 is 22.4 Å². The molecular formula is C25H21Cl2F4N5O. The molecule has 6 nitrogen and oxygen atoms in total. The molecule has 2 aliphatic heterocycles. The molecule has 1 fully saturated rings. The lowest BCUT2D eigenvalue weighted by atomic mass is 9.85. The molecule has 2 aliphatic rings. The molecule has 1 amide bonds. The Morgan fingerprint density at radius 2 is 1.70 bits per heavy atom. The van der Waals surface area contributed by atoms with E-state index in [9.17, 15) is 22.4 Å². The standard InChI is InChI=1S/C25H21Cl2F4N5O/c1-14-13-19-32-23(25(29,30)31)20(22(36(19)33-14)17-3-2-4-18(26)21(17)27)24(37)35-11-9-34(10-12-35)16-7-5-15(28)6-8-16/h2-8,13,20,22H,9-12H2,1H3. The summed E-state index contributed by atoms with van der Waals surface area (Å²) in [5.74, 6) is -2.83. The van der Waals surface area contributed by atoms with Crippen molar-refractivity contribution in [1.29, 1.82) is 0 Å². The third-order valence-corrected chi connectivity index (χ3v) is 7.42. The van der Waals surface area contributed by atoms with Gasteiger partial charge in [0.05, 0.1) is 21.8 Å². The van der Waals surface area contributed by atoms with E-state index in [4.69, 9.17) is 23.2 Å². The van der Waals surface area contributed by atoms with Crippen LogP contribution in [0.1, 0.15) is 17.3 Å². The van der Waals surface area contributed by atoms with Crippen LogP contribution < -0.4 is 4.90 Å². The average molecular weight is 554 g/mol. The van der Waals surface area contributed by atoms with Crippen molar-refractivity contribution in [2.45, 2.75) is 19.1 Å². The number of benzene rings is 2. The highest BCUT2D eigenvalue weighted by Crippen LogP contribution is 2.45. The number of piperazine rings is 1. The Labute approximate surface area is 220 Å². The lowest BCUT2D eigenvalue weighted by Gasteiger charge is -2.40. The number of aryl methyl sites for hydroxylation is 1. The van der Waals surface area contributed by atoms with E-state index in [1.807, 2.05) is 4.90 Å². The van der Waals surface area contributed by atoms with Crippen LogP contribution >= 0.6 is 23.2 Å². The van der Waals surface area contributed by atoms with E-state index in [1.165, 1.54) is 33.8 Å². The van der Waals surface area contributed by atoms with E-state index in [2.05, 4.69) is 10.1 Å². The fourth-order valence-electron chi connectivity index (χ4n) is 4.86. The quantitative estimate of drug-likeness (QED) is 0.383. The molecule has 37 heavy (non-hydrogen) atoms. The number of anilines is 1. The smallest absolute Gasteiger partial charge is 0.368 e. The largest absolute Gasteiger partial charge is 0.430 e. The van der Waals surface area contributed by atoms with E-state index in [0.717, 1.165) is 5.69 Å². The van der Waals surface area contributed by atoms with Gasteiger partial charge in [-0.15, -0.1) is 0 Å². The van der Waals surface area contributed by atoms with Crippen molar-refractivity contribution >= 4 is 46.3 Å². The van der Waals surface area contributed by atoms with Crippen molar-refractivity contribution in [2.75, 3.05) is 31.1 Å². The summed E-state index contributed by atoms with van der Waals surface area (Å²) < 4.78 is 57.7. The van der Waals surface area contributed by atoms with Gasteiger partial charge in [-0.1, -0.05) is 35.3 Å². The zero-order valence-electron chi connectivity index (χ0n) is 19.5. The molecule has 3 heterocycles. The van der Waals surface area contributed by atoms with Gasteiger partial charge in [0.2, 0.25) is 5.91 Å². The van der Waals surface area contributed by atoms with Gasteiger partial charge in [0.15, 0.2) is 5.82 Å². The minimum Gasteiger partial charge on any atom is -0.368 e. The lowest BCUT2D eigenvalue weighted by molar-refractivity contribution is -0.136. The third kappa shape index (κ3) is 4.80.